The van der Waals surface area contributed by atoms with Crippen molar-refractivity contribution in [3.05, 3.63) is 10.4 Å². The number of anilines is 1. The van der Waals surface area contributed by atoms with Gasteiger partial charge in [-0.05, 0) is 0 Å². The lowest BCUT2D eigenvalue weighted by Crippen LogP contribution is -2.11. The molecule has 4 N–H and O–H groups in total. The van der Waals surface area contributed by atoms with Gasteiger partial charge in [0.2, 0.25) is 5.95 Å². The molecule has 0 atom stereocenters. The Morgan fingerprint density at radius 1 is 1.59 bits per heavy atom. The molecular formula is C8H9N5O3S. The van der Waals surface area contributed by atoms with Crippen molar-refractivity contribution in [2.45, 2.75) is 5.16 Å². The summed E-state index contributed by atoms with van der Waals surface area (Å²) in [7, 11) is 1.64. The van der Waals surface area contributed by atoms with Gasteiger partial charge in [0, 0.05) is 7.05 Å². The normalized spacial score (nSPS) is 10.9. The molecule has 0 fully saturated rings. The number of aryl methyl sites for hydroxylation is 1. The summed E-state index contributed by atoms with van der Waals surface area (Å²) in [4.78, 5) is 32.3. The minimum Gasteiger partial charge on any atom is -0.481 e. The number of hydrogen-bond acceptors (Lipinski definition) is 6. The van der Waals surface area contributed by atoms with Crippen LogP contribution in [0.5, 0.6) is 0 Å². The maximum Gasteiger partial charge on any atom is 0.313 e. The highest BCUT2D eigenvalue weighted by atomic mass is 32.2. The third-order valence-electron chi connectivity index (χ3n) is 2.03. The van der Waals surface area contributed by atoms with Gasteiger partial charge in [-0.2, -0.15) is 4.98 Å². The summed E-state index contributed by atoms with van der Waals surface area (Å²) in [5, 5.41) is 8.99. The average molecular weight is 255 g/mol. The monoisotopic (exact) mass is 255 g/mol. The number of carboxylic acid groups (broad SMARTS) is 1. The van der Waals surface area contributed by atoms with Crippen LogP contribution >= 0.6 is 11.8 Å². The summed E-state index contributed by atoms with van der Waals surface area (Å²) >= 11 is 1.01. The third-order valence-corrected chi connectivity index (χ3v) is 3.05. The van der Waals surface area contributed by atoms with Crippen LogP contribution in [-0.4, -0.2) is 36.3 Å². The fourth-order valence-electron chi connectivity index (χ4n) is 1.32. The molecule has 0 aliphatic heterocycles. The lowest BCUT2D eigenvalue weighted by Gasteiger charge is -1.98. The molecule has 17 heavy (non-hydrogen) atoms. The number of aromatic amines is 1. The highest BCUT2D eigenvalue weighted by molar-refractivity contribution is 7.99. The molecule has 0 unspecified atom stereocenters. The molecule has 2 heterocycles. The zero-order chi connectivity index (χ0) is 12.6. The molecule has 0 saturated heterocycles. The van der Waals surface area contributed by atoms with Crippen molar-refractivity contribution in [1.29, 1.82) is 0 Å². The minimum atomic E-state index is -0.955. The van der Waals surface area contributed by atoms with E-state index in [-0.39, 0.29) is 17.2 Å². The predicted molar refractivity (Wildman–Crippen MR) is 61.9 cm³/mol. The number of thioether (sulfide) groups is 1. The van der Waals surface area contributed by atoms with Gasteiger partial charge in [-0.3, -0.25) is 14.6 Å². The van der Waals surface area contributed by atoms with Crippen molar-refractivity contribution in [2.75, 3.05) is 11.5 Å². The molecule has 2 aromatic heterocycles. The van der Waals surface area contributed by atoms with Gasteiger partial charge in [0.15, 0.2) is 16.3 Å². The summed E-state index contributed by atoms with van der Waals surface area (Å²) in [6.07, 6.45) is 0. The van der Waals surface area contributed by atoms with Crippen molar-refractivity contribution in [3.8, 4) is 0 Å². The van der Waals surface area contributed by atoms with Crippen molar-refractivity contribution in [1.82, 2.24) is 19.5 Å². The SMILES string of the molecule is Cn1c(SCC(=O)O)nc2c(=O)[nH]c(N)nc21. The van der Waals surface area contributed by atoms with Crippen LogP contribution in [0.2, 0.25) is 0 Å². The van der Waals surface area contributed by atoms with E-state index in [1.807, 2.05) is 0 Å². The van der Waals surface area contributed by atoms with Crippen LogP contribution in [0, 0.1) is 0 Å². The number of carboxylic acids is 1. The van der Waals surface area contributed by atoms with Crippen LogP contribution in [0.3, 0.4) is 0 Å². The first-order valence-corrected chi connectivity index (χ1v) is 5.54. The molecule has 9 heteroatoms. The van der Waals surface area contributed by atoms with Gasteiger partial charge >= 0.3 is 5.97 Å². The number of imidazole rings is 1. The lowest BCUT2D eigenvalue weighted by molar-refractivity contribution is -0.133. The Morgan fingerprint density at radius 2 is 2.29 bits per heavy atom. The van der Waals surface area contributed by atoms with Gasteiger partial charge in [0.05, 0.1) is 5.75 Å². The predicted octanol–water partition coefficient (Wildman–Crippen LogP) is -0.585. The van der Waals surface area contributed by atoms with Crippen LogP contribution in [0.4, 0.5) is 5.95 Å². The molecular weight excluding hydrogens is 246 g/mol. The number of nitrogen functional groups attached to an aromatic ring is 1. The molecule has 0 aliphatic carbocycles. The summed E-state index contributed by atoms with van der Waals surface area (Å²) in [6.45, 7) is 0. The number of nitrogens with zero attached hydrogens (tertiary/aromatic N) is 3. The van der Waals surface area contributed by atoms with E-state index < -0.39 is 11.5 Å². The van der Waals surface area contributed by atoms with Crippen LogP contribution in [-0.2, 0) is 11.8 Å². The Bertz CT molecular complexity index is 646. The molecule has 2 aromatic rings. The van der Waals surface area contributed by atoms with Crippen LogP contribution in [0.15, 0.2) is 9.95 Å². The van der Waals surface area contributed by atoms with Crippen LogP contribution in [0.25, 0.3) is 11.2 Å². The number of carbonyl (C=O) groups is 1. The first kappa shape index (κ1) is 11.5. The second kappa shape index (κ2) is 4.09. The fraction of sp³-hybridized carbons (Fsp3) is 0.250. The van der Waals surface area contributed by atoms with Gasteiger partial charge in [-0.15, -0.1) is 0 Å². The van der Waals surface area contributed by atoms with E-state index in [9.17, 15) is 9.59 Å². The zero-order valence-electron chi connectivity index (χ0n) is 8.80. The highest BCUT2D eigenvalue weighted by Gasteiger charge is 2.14. The van der Waals surface area contributed by atoms with Gasteiger partial charge in [0.25, 0.3) is 5.56 Å². The molecule has 0 spiro atoms. The molecule has 2 rings (SSSR count). The number of aliphatic carboxylic acids is 1. The number of hydrogen-bond donors (Lipinski definition) is 3. The van der Waals surface area contributed by atoms with E-state index >= 15 is 0 Å². The molecule has 0 saturated carbocycles. The van der Waals surface area contributed by atoms with E-state index in [0.717, 1.165) is 11.8 Å². The quantitative estimate of drug-likeness (QED) is 0.626. The maximum absolute atomic E-state index is 11.5. The Balaban J connectivity index is 2.53. The molecule has 0 amide bonds. The fourth-order valence-corrected chi connectivity index (χ4v) is 2.01. The summed E-state index contributed by atoms with van der Waals surface area (Å²) in [5.41, 5.74) is 5.46. The number of H-pyrrole nitrogens is 1. The lowest BCUT2D eigenvalue weighted by atomic mass is 10.5. The molecule has 0 bridgehead atoms. The van der Waals surface area contributed by atoms with Gasteiger partial charge in [-0.25, -0.2) is 4.98 Å². The molecule has 90 valence electrons. The Kier molecular flexibility index (Phi) is 2.76. The Labute approximate surface area is 98.9 Å². The third kappa shape index (κ3) is 2.09. The second-order valence-electron chi connectivity index (χ2n) is 3.26. The van der Waals surface area contributed by atoms with Crippen LogP contribution in [0.1, 0.15) is 0 Å². The van der Waals surface area contributed by atoms with Gasteiger partial charge in [0.1, 0.15) is 0 Å². The van der Waals surface area contributed by atoms with Crippen molar-refractivity contribution >= 4 is 34.8 Å². The van der Waals surface area contributed by atoms with Crippen molar-refractivity contribution in [3.63, 3.8) is 0 Å². The topological polar surface area (TPSA) is 127 Å². The molecule has 0 aromatic carbocycles. The Hall–Kier alpha value is -2.03. The second-order valence-corrected chi connectivity index (χ2v) is 4.20. The first-order chi connectivity index (χ1) is 7.99. The van der Waals surface area contributed by atoms with E-state index in [0.29, 0.717) is 10.8 Å². The number of fused-ring (bicyclic) bond motifs is 1. The van der Waals surface area contributed by atoms with E-state index in [4.69, 9.17) is 10.8 Å². The van der Waals surface area contributed by atoms with E-state index in [1.165, 1.54) is 4.57 Å². The van der Waals surface area contributed by atoms with Gasteiger partial charge < -0.3 is 15.4 Å². The van der Waals surface area contributed by atoms with Crippen LogP contribution < -0.4 is 11.3 Å². The van der Waals surface area contributed by atoms with E-state index in [1.54, 1.807) is 7.05 Å². The average Bonchev–Trinajstić information content (AvgIpc) is 2.54. The summed E-state index contributed by atoms with van der Waals surface area (Å²) < 4.78 is 1.54. The number of nitrogens with two attached hydrogens (primary N) is 1. The first-order valence-electron chi connectivity index (χ1n) is 4.56. The molecule has 0 radical (unpaired) electrons. The number of aromatic nitrogens is 4. The number of nitrogens with one attached hydrogen (secondary N) is 1. The van der Waals surface area contributed by atoms with E-state index in [2.05, 4.69) is 15.0 Å². The largest absolute Gasteiger partial charge is 0.481 e. The summed E-state index contributed by atoms with van der Waals surface area (Å²) in [6, 6.07) is 0. The Morgan fingerprint density at radius 3 is 2.94 bits per heavy atom. The number of rotatable bonds is 3. The maximum atomic E-state index is 11.5. The standard InChI is InChI=1S/C8H9N5O3S/c1-13-5-4(6(16)12-7(9)11-5)10-8(13)17-2-3(14)15/h2H2,1H3,(H,14,15)(H3,9,11,12,16). The van der Waals surface area contributed by atoms with Crippen molar-refractivity contribution < 1.29 is 9.90 Å². The zero-order valence-corrected chi connectivity index (χ0v) is 9.61. The molecule has 0 aliphatic rings. The molecule has 8 nitrogen and oxygen atoms in total. The summed E-state index contributed by atoms with van der Waals surface area (Å²) in [5.74, 6) is -1.09. The smallest absolute Gasteiger partial charge is 0.313 e. The van der Waals surface area contributed by atoms with Gasteiger partial charge in [-0.1, -0.05) is 11.8 Å². The highest BCUT2D eigenvalue weighted by Crippen LogP contribution is 2.19. The minimum absolute atomic E-state index is 0.000264. The van der Waals surface area contributed by atoms with Crippen molar-refractivity contribution in [2.24, 2.45) is 7.05 Å².